The Morgan fingerprint density at radius 1 is 1.00 bits per heavy atom. The van der Waals surface area contributed by atoms with E-state index in [4.69, 9.17) is 27.9 Å². The van der Waals surface area contributed by atoms with Crippen molar-refractivity contribution >= 4 is 40.9 Å². The zero-order valence-electron chi connectivity index (χ0n) is 23.6. The van der Waals surface area contributed by atoms with Crippen molar-refractivity contribution in [1.82, 2.24) is 4.90 Å². The minimum absolute atomic E-state index is 0.0221. The SMILES string of the molecule is CC(C)(C)C.COC(=O)c1ccccc1NC(=O)N1CCC(C#N)(c2ccc(Cl)cc2F)C1.Fc1ccccc1Cl. The molecule has 0 spiro atoms. The molecule has 1 N–H and O–H groups in total. The number of hydrogen-bond donors (Lipinski definition) is 1. The number of urea groups is 1. The fourth-order valence-corrected chi connectivity index (χ4v) is 4.04. The van der Waals surface area contributed by atoms with Crippen molar-refractivity contribution in [2.24, 2.45) is 5.41 Å². The lowest BCUT2D eigenvalue weighted by molar-refractivity contribution is 0.0602. The van der Waals surface area contributed by atoms with Crippen LogP contribution in [0.2, 0.25) is 10.0 Å². The smallest absolute Gasteiger partial charge is 0.339 e. The molecule has 10 heteroatoms. The van der Waals surface area contributed by atoms with Crippen molar-refractivity contribution in [2.75, 3.05) is 25.5 Å². The predicted molar refractivity (Wildman–Crippen MR) is 158 cm³/mol. The summed E-state index contributed by atoms with van der Waals surface area (Å²) in [4.78, 5) is 26.0. The number of nitrogens with one attached hydrogen (secondary N) is 1. The third-order valence-electron chi connectivity index (χ3n) is 5.62. The average molecular weight is 605 g/mol. The molecule has 41 heavy (non-hydrogen) atoms. The highest BCUT2D eigenvalue weighted by molar-refractivity contribution is 6.30. The first-order valence-corrected chi connectivity index (χ1v) is 13.5. The van der Waals surface area contributed by atoms with Crippen molar-refractivity contribution in [3.8, 4) is 6.07 Å². The van der Waals surface area contributed by atoms with E-state index in [1.807, 2.05) is 0 Å². The Balaban J connectivity index is 0.000000373. The number of likely N-dealkylation sites (tertiary alicyclic amines) is 1. The van der Waals surface area contributed by atoms with Gasteiger partial charge in [-0.1, -0.05) is 81.2 Å². The molecule has 1 fully saturated rings. The second-order valence-electron chi connectivity index (χ2n) is 10.9. The second-order valence-corrected chi connectivity index (χ2v) is 11.7. The van der Waals surface area contributed by atoms with Crippen LogP contribution in [0.3, 0.4) is 0 Å². The summed E-state index contributed by atoms with van der Waals surface area (Å²) in [7, 11) is 1.25. The number of ether oxygens (including phenoxy) is 1. The van der Waals surface area contributed by atoms with E-state index in [1.54, 1.807) is 30.3 Å². The molecule has 3 aromatic carbocycles. The van der Waals surface area contributed by atoms with Gasteiger partial charge in [-0.15, -0.1) is 0 Å². The van der Waals surface area contributed by atoms with Crippen LogP contribution in [0.15, 0.2) is 66.7 Å². The number of hydrogen-bond acceptors (Lipinski definition) is 4. The first-order chi connectivity index (χ1) is 19.2. The Hall–Kier alpha value is -3.67. The minimum atomic E-state index is -1.16. The van der Waals surface area contributed by atoms with E-state index < -0.39 is 23.2 Å². The standard InChI is InChI=1S/C20H17ClFN3O3.C6H4ClF.C5H12/c1-28-18(26)14-4-2-3-5-17(14)24-19(27)25-9-8-20(11-23,12-25)15-7-6-13(21)10-16(15)22;7-5-3-1-2-4-6(5)8;1-5(2,3)4/h2-7,10H,8-9,12H2,1H3,(H,24,27);1-4H;1-4H3. The van der Waals surface area contributed by atoms with Gasteiger partial charge in [0.25, 0.3) is 0 Å². The molecule has 0 saturated carbocycles. The summed E-state index contributed by atoms with van der Waals surface area (Å²) < 4.78 is 31.3. The quantitative estimate of drug-likeness (QED) is 0.304. The molecule has 3 aromatic rings. The van der Waals surface area contributed by atoms with Crippen LogP contribution in [0.4, 0.5) is 19.3 Å². The molecule has 0 aliphatic carbocycles. The van der Waals surface area contributed by atoms with Crippen LogP contribution in [0.1, 0.15) is 50.0 Å². The summed E-state index contributed by atoms with van der Waals surface area (Å²) in [6.07, 6.45) is 0.286. The van der Waals surface area contributed by atoms with E-state index in [9.17, 15) is 23.6 Å². The van der Waals surface area contributed by atoms with E-state index in [0.717, 1.165) is 6.07 Å². The first kappa shape index (κ1) is 33.5. The number of benzene rings is 3. The van der Waals surface area contributed by atoms with Gasteiger partial charge >= 0.3 is 12.0 Å². The molecule has 1 unspecified atom stereocenters. The maximum atomic E-state index is 14.4. The number of para-hydroxylation sites is 1. The number of methoxy groups -OCH3 is 1. The van der Waals surface area contributed by atoms with E-state index in [2.05, 4.69) is 39.1 Å². The molecule has 0 radical (unpaired) electrons. The zero-order chi connectivity index (χ0) is 30.8. The first-order valence-electron chi connectivity index (χ1n) is 12.7. The summed E-state index contributed by atoms with van der Waals surface area (Å²) in [6.45, 7) is 9.04. The second kappa shape index (κ2) is 14.8. The van der Waals surface area contributed by atoms with Gasteiger partial charge in [-0.3, -0.25) is 0 Å². The minimum Gasteiger partial charge on any atom is -0.465 e. The van der Waals surface area contributed by atoms with Crippen LogP contribution in [-0.2, 0) is 10.2 Å². The Labute approximate surface area is 249 Å². The van der Waals surface area contributed by atoms with Gasteiger partial charge in [-0.05, 0) is 48.2 Å². The van der Waals surface area contributed by atoms with Crippen LogP contribution >= 0.6 is 23.2 Å². The summed E-state index contributed by atoms with van der Waals surface area (Å²) in [5.41, 5.74) is 0.0671. The number of nitriles is 1. The Bertz CT molecular complexity index is 1380. The number of rotatable bonds is 3. The van der Waals surface area contributed by atoms with E-state index in [0.29, 0.717) is 11.1 Å². The van der Waals surface area contributed by atoms with E-state index >= 15 is 0 Å². The van der Waals surface area contributed by atoms with Crippen molar-refractivity contribution < 1.29 is 23.1 Å². The lowest BCUT2D eigenvalue weighted by Crippen LogP contribution is -2.37. The highest BCUT2D eigenvalue weighted by Gasteiger charge is 2.43. The number of esters is 1. The molecule has 1 atom stereocenters. The monoisotopic (exact) mass is 603 g/mol. The van der Waals surface area contributed by atoms with Gasteiger partial charge in [-0.2, -0.15) is 5.26 Å². The van der Waals surface area contributed by atoms with Crippen LogP contribution in [0.5, 0.6) is 0 Å². The van der Waals surface area contributed by atoms with Crippen LogP contribution < -0.4 is 5.32 Å². The van der Waals surface area contributed by atoms with Crippen LogP contribution in [0.25, 0.3) is 0 Å². The van der Waals surface area contributed by atoms with Crippen LogP contribution in [-0.4, -0.2) is 37.1 Å². The normalized spacial score (nSPS) is 15.9. The Kier molecular flexibility index (Phi) is 12.1. The maximum Gasteiger partial charge on any atom is 0.339 e. The average Bonchev–Trinajstić information content (AvgIpc) is 3.35. The molecule has 1 aliphatic heterocycles. The molecule has 6 nitrogen and oxygen atoms in total. The third kappa shape index (κ3) is 10.0. The fraction of sp³-hybridized carbons (Fsp3) is 0.323. The predicted octanol–water partition coefficient (Wildman–Crippen LogP) is 8.50. The lowest BCUT2D eigenvalue weighted by atomic mass is 9.81. The summed E-state index contributed by atoms with van der Waals surface area (Å²) in [5.74, 6) is -1.52. The van der Waals surface area contributed by atoms with Gasteiger partial charge in [0.05, 0.1) is 29.5 Å². The molecule has 0 aromatic heterocycles. The van der Waals surface area contributed by atoms with E-state index in [1.165, 1.54) is 42.3 Å². The number of carbonyl (C=O) groups is 2. The number of nitrogens with zero attached hydrogens (tertiary/aromatic N) is 2. The highest BCUT2D eigenvalue weighted by atomic mass is 35.5. The molecule has 1 saturated heterocycles. The van der Waals surface area contributed by atoms with Crippen molar-refractivity contribution in [2.45, 2.75) is 39.5 Å². The Morgan fingerprint density at radius 2 is 1.61 bits per heavy atom. The van der Waals surface area contributed by atoms with Crippen molar-refractivity contribution in [1.29, 1.82) is 5.26 Å². The van der Waals surface area contributed by atoms with Gasteiger partial charge in [0, 0.05) is 23.7 Å². The summed E-state index contributed by atoms with van der Waals surface area (Å²) in [6, 6.07) is 18.4. The topological polar surface area (TPSA) is 82.4 Å². The number of carbonyl (C=O) groups excluding carboxylic acids is 2. The third-order valence-corrected chi connectivity index (χ3v) is 6.16. The number of anilines is 1. The molecule has 4 rings (SSSR count). The van der Waals surface area contributed by atoms with Gasteiger partial charge in [0.15, 0.2) is 0 Å². The van der Waals surface area contributed by atoms with Gasteiger partial charge in [0.1, 0.15) is 17.0 Å². The van der Waals surface area contributed by atoms with Gasteiger partial charge in [-0.25, -0.2) is 18.4 Å². The maximum absolute atomic E-state index is 14.4. The fourth-order valence-electron chi connectivity index (χ4n) is 3.75. The van der Waals surface area contributed by atoms with Crippen molar-refractivity contribution in [3.63, 3.8) is 0 Å². The lowest BCUT2D eigenvalue weighted by Gasteiger charge is -2.23. The molecule has 0 bridgehead atoms. The number of halogens is 4. The van der Waals surface area contributed by atoms with Gasteiger partial charge in [0.2, 0.25) is 0 Å². The van der Waals surface area contributed by atoms with Gasteiger partial charge < -0.3 is 15.0 Å². The van der Waals surface area contributed by atoms with Crippen LogP contribution in [0, 0.1) is 28.4 Å². The largest absolute Gasteiger partial charge is 0.465 e. The molecule has 2 amide bonds. The van der Waals surface area contributed by atoms with Crippen molar-refractivity contribution in [3.05, 3.63) is 99.5 Å². The number of amides is 2. The zero-order valence-corrected chi connectivity index (χ0v) is 25.1. The molecule has 1 aliphatic rings. The highest BCUT2D eigenvalue weighted by Crippen LogP contribution is 2.36. The molecule has 1 heterocycles. The summed E-state index contributed by atoms with van der Waals surface area (Å²) >= 11 is 11.1. The molecule has 218 valence electrons. The molecular weight excluding hydrogens is 571 g/mol. The summed E-state index contributed by atoms with van der Waals surface area (Å²) in [5, 5.41) is 12.8. The molecular formula is C31H33Cl2F2N3O3. The van der Waals surface area contributed by atoms with E-state index in [-0.39, 0.29) is 46.5 Å². The Morgan fingerprint density at radius 3 is 2.15 bits per heavy atom.